The molecule has 3 amide bonds. The number of aromatic nitrogens is 2. The summed E-state index contributed by atoms with van der Waals surface area (Å²) in [5.74, 6) is -5.37. The highest BCUT2D eigenvalue weighted by atomic mass is 19.1. The highest BCUT2D eigenvalue weighted by Crippen LogP contribution is 2.35. The second kappa shape index (κ2) is 10.5. The molecule has 1 aliphatic heterocycles. The molecule has 1 saturated carbocycles. The summed E-state index contributed by atoms with van der Waals surface area (Å²) in [6.45, 7) is 0.246. The first kappa shape index (κ1) is 25.3. The minimum Gasteiger partial charge on any atom is -0.481 e. The van der Waals surface area contributed by atoms with Gasteiger partial charge in [-0.1, -0.05) is 0 Å². The number of halogens is 1. The lowest BCUT2D eigenvalue weighted by Crippen LogP contribution is -2.64. The van der Waals surface area contributed by atoms with E-state index in [1.54, 1.807) is 6.20 Å². The zero-order valence-electron chi connectivity index (χ0n) is 19.1. The molecule has 1 aromatic heterocycles. The van der Waals surface area contributed by atoms with Crippen LogP contribution >= 0.6 is 0 Å². The second-order valence-corrected chi connectivity index (χ2v) is 8.89. The van der Waals surface area contributed by atoms with E-state index in [9.17, 15) is 33.6 Å². The predicted octanol–water partition coefficient (Wildman–Crippen LogP) is -0.908. The van der Waals surface area contributed by atoms with Gasteiger partial charge in [-0.15, -0.1) is 0 Å². The molecular formula is C22H25BFN5O7. The second-order valence-electron chi connectivity index (χ2n) is 8.89. The van der Waals surface area contributed by atoms with Crippen molar-refractivity contribution in [2.24, 2.45) is 5.92 Å². The Kier molecular flexibility index (Phi) is 7.36. The zero-order chi connectivity index (χ0) is 26.0. The number of carbonyl (C=O) groups excluding carboxylic acids is 3. The average Bonchev–Trinajstić information content (AvgIpc) is 3.48. The summed E-state index contributed by atoms with van der Waals surface area (Å²) in [6, 6.07) is 2.09. The topological polar surface area (TPSA) is 174 Å². The fourth-order valence-electron chi connectivity index (χ4n) is 4.09. The summed E-state index contributed by atoms with van der Waals surface area (Å²) in [6.07, 6.45) is 5.47. The van der Waals surface area contributed by atoms with Crippen LogP contribution in [0.3, 0.4) is 0 Å². The maximum atomic E-state index is 14.6. The maximum Gasteiger partial charge on any atom is 0.476 e. The van der Waals surface area contributed by atoms with E-state index in [0.717, 1.165) is 6.07 Å². The number of hydrogen-bond acceptors (Lipinski definition) is 7. The van der Waals surface area contributed by atoms with E-state index in [1.807, 2.05) is 0 Å². The molecule has 1 aliphatic carbocycles. The molecule has 1 saturated heterocycles. The van der Waals surface area contributed by atoms with Crippen LogP contribution in [0, 0.1) is 11.7 Å². The Bertz CT molecular complexity index is 1160. The minimum atomic E-state index is -2.09. The van der Waals surface area contributed by atoms with Crippen molar-refractivity contribution in [2.45, 2.75) is 43.7 Å². The van der Waals surface area contributed by atoms with E-state index >= 15 is 0 Å². The summed E-state index contributed by atoms with van der Waals surface area (Å²) in [5, 5.41) is 32.5. The zero-order valence-corrected chi connectivity index (χ0v) is 19.1. The Balaban J connectivity index is 1.42. The molecule has 4 rings (SSSR count). The number of nitrogens with zero attached hydrogens (tertiary/aromatic N) is 3. The van der Waals surface area contributed by atoms with Gasteiger partial charge in [0.25, 0.3) is 5.91 Å². The number of amides is 3. The SMILES string of the molecule is O=C(O)CC(NC(=O)C1CCN1C(=O)C(NC(=O)c1ccc(-n2ccnc2)c(F)c1)C1CC1)B(O)O. The van der Waals surface area contributed by atoms with Crippen molar-refractivity contribution in [1.29, 1.82) is 0 Å². The van der Waals surface area contributed by atoms with Crippen LogP contribution < -0.4 is 10.6 Å². The molecule has 2 fully saturated rings. The molecule has 36 heavy (non-hydrogen) atoms. The number of likely N-dealkylation sites (tertiary alicyclic amines) is 1. The van der Waals surface area contributed by atoms with Gasteiger partial charge in [0, 0.05) is 24.5 Å². The third-order valence-corrected chi connectivity index (χ3v) is 6.33. The standard InChI is InChI=1S/C22H25BFN5O7/c24-14-9-13(3-4-15(14)28-8-6-25-11-28)20(32)27-19(12-1-2-12)22(34)29-7-5-16(29)21(33)26-17(23(35)36)10-18(30)31/h3-4,6,8-9,11-12,16-17,19,35-36H,1-2,5,7,10H2,(H,26,33)(H,27,32)(H,30,31). The molecular weight excluding hydrogens is 476 g/mol. The Labute approximate surface area is 205 Å². The van der Waals surface area contributed by atoms with Gasteiger partial charge in [0.1, 0.15) is 17.9 Å². The van der Waals surface area contributed by atoms with Gasteiger partial charge in [-0.25, -0.2) is 9.37 Å². The van der Waals surface area contributed by atoms with Gasteiger partial charge >= 0.3 is 13.1 Å². The molecule has 1 aromatic carbocycles. The normalized spacial score (nSPS) is 18.5. The fraction of sp³-hybridized carbons (Fsp3) is 0.409. The highest BCUT2D eigenvalue weighted by Gasteiger charge is 2.46. The van der Waals surface area contributed by atoms with E-state index in [-0.39, 0.29) is 23.7 Å². The minimum absolute atomic E-state index is 0.0289. The van der Waals surface area contributed by atoms with Crippen LogP contribution in [0.2, 0.25) is 0 Å². The summed E-state index contributed by atoms with van der Waals surface area (Å²) < 4.78 is 16.0. The maximum absolute atomic E-state index is 14.6. The van der Waals surface area contributed by atoms with Gasteiger partial charge in [-0.3, -0.25) is 19.2 Å². The van der Waals surface area contributed by atoms with E-state index in [0.29, 0.717) is 19.3 Å². The number of carbonyl (C=O) groups is 4. The third kappa shape index (κ3) is 5.55. The van der Waals surface area contributed by atoms with Gasteiger partial charge < -0.3 is 35.3 Å². The molecule has 0 radical (unpaired) electrons. The first-order valence-electron chi connectivity index (χ1n) is 11.4. The van der Waals surface area contributed by atoms with Crippen LogP contribution in [0.25, 0.3) is 5.69 Å². The van der Waals surface area contributed by atoms with Crippen molar-refractivity contribution in [1.82, 2.24) is 25.1 Å². The lowest BCUT2D eigenvalue weighted by Gasteiger charge is -2.42. The summed E-state index contributed by atoms with van der Waals surface area (Å²) >= 11 is 0. The lowest BCUT2D eigenvalue weighted by molar-refractivity contribution is -0.149. The molecule has 190 valence electrons. The predicted molar refractivity (Wildman–Crippen MR) is 122 cm³/mol. The van der Waals surface area contributed by atoms with Crippen molar-refractivity contribution in [3.8, 4) is 5.69 Å². The van der Waals surface area contributed by atoms with Crippen molar-refractivity contribution in [3.63, 3.8) is 0 Å². The van der Waals surface area contributed by atoms with Gasteiger partial charge in [-0.05, 0) is 43.4 Å². The monoisotopic (exact) mass is 501 g/mol. The summed E-state index contributed by atoms with van der Waals surface area (Å²) in [4.78, 5) is 54.7. The van der Waals surface area contributed by atoms with E-state index < -0.39 is 61.1 Å². The molecule has 3 atom stereocenters. The van der Waals surface area contributed by atoms with E-state index in [2.05, 4.69) is 15.6 Å². The molecule has 14 heteroatoms. The number of rotatable bonds is 10. The van der Waals surface area contributed by atoms with Gasteiger partial charge in [-0.2, -0.15) is 0 Å². The van der Waals surface area contributed by atoms with Crippen molar-refractivity contribution < 1.29 is 38.7 Å². The molecule has 2 aromatic rings. The Hall–Kier alpha value is -3.78. The van der Waals surface area contributed by atoms with Gasteiger partial charge in [0.05, 0.1) is 24.4 Å². The molecule has 2 heterocycles. The van der Waals surface area contributed by atoms with E-state index in [4.69, 9.17) is 5.11 Å². The number of aliphatic carboxylic acids is 1. The van der Waals surface area contributed by atoms with Gasteiger partial charge in [0.15, 0.2) is 0 Å². The number of nitrogens with one attached hydrogen (secondary N) is 2. The smallest absolute Gasteiger partial charge is 0.476 e. The molecule has 12 nitrogen and oxygen atoms in total. The summed E-state index contributed by atoms with van der Waals surface area (Å²) in [5.41, 5.74) is 0.240. The van der Waals surface area contributed by atoms with Crippen LogP contribution in [0.4, 0.5) is 4.39 Å². The van der Waals surface area contributed by atoms with Crippen LogP contribution in [0.5, 0.6) is 0 Å². The lowest BCUT2D eigenvalue weighted by atomic mass is 9.77. The van der Waals surface area contributed by atoms with Crippen LogP contribution in [-0.2, 0) is 14.4 Å². The molecule has 5 N–H and O–H groups in total. The number of imidazole rings is 1. The molecule has 2 aliphatic rings. The van der Waals surface area contributed by atoms with Crippen LogP contribution in [0.15, 0.2) is 36.9 Å². The van der Waals surface area contributed by atoms with E-state index in [1.165, 1.54) is 34.1 Å². The number of carboxylic acid groups (broad SMARTS) is 1. The molecule has 3 unspecified atom stereocenters. The number of benzene rings is 1. The molecule has 0 bridgehead atoms. The Morgan fingerprint density at radius 3 is 2.44 bits per heavy atom. The first-order valence-corrected chi connectivity index (χ1v) is 11.4. The van der Waals surface area contributed by atoms with Crippen LogP contribution in [0.1, 0.15) is 36.0 Å². The average molecular weight is 501 g/mol. The van der Waals surface area contributed by atoms with Crippen molar-refractivity contribution in [2.75, 3.05) is 6.54 Å². The third-order valence-electron chi connectivity index (χ3n) is 6.33. The first-order chi connectivity index (χ1) is 17.2. The highest BCUT2D eigenvalue weighted by molar-refractivity contribution is 6.44. The Morgan fingerprint density at radius 2 is 1.92 bits per heavy atom. The van der Waals surface area contributed by atoms with Crippen molar-refractivity contribution >= 4 is 30.8 Å². The van der Waals surface area contributed by atoms with Gasteiger partial charge in [0.2, 0.25) is 11.8 Å². The fourth-order valence-corrected chi connectivity index (χ4v) is 4.09. The molecule has 0 spiro atoms. The summed E-state index contributed by atoms with van der Waals surface area (Å²) in [7, 11) is -2.09. The number of carboxylic acids is 1. The van der Waals surface area contributed by atoms with Crippen LogP contribution in [-0.4, -0.2) is 85.0 Å². The Morgan fingerprint density at radius 1 is 1.17 bits per heavy atom. The quantitative estimate of drug-likeness (QED) is 0.260. The number of hydrogen-bond donors (Lipinski definition) is 5. The van der Waals surface area contributed by atoms with Crippen molar-refractivity contribution in [3.05, 3.63) is 48.3 Å². The largest absolute Gasteiger partial charge is 0.481 e.